The number of nitrogens with zero attached hydrogens (tertiary/aromatic N) is 5. The Labute approximate surface area is 200 Å². The highest BCUT2D eigenvalue weighted by atomic mass is 19.1. The predicted octanol–water partition coefficient (Wildman–Crippen LogP) is 3.10. The summed E-state index contributed by atoms with van der Waals surface area (Å²) in [6.07, 6.45) is 1.05. The number of ether oxygens (including phenoxy) is 2. The van der Waals surface area contributed by atoms with Gasteiger partial charge in [0.1, 0.15) is 5.75 Å². The molecule has 1 amide bonds. The van der Waals surface area contributed by atoms with Gasteiger partial charge >= 0.3 is 0 Å². The first-order chi connectivity index (χ1) is 16.9. The van der Waals surface area contributed by atoms with E-state index in [9.17, 15) is 13.6 Å². The van der Waals surface area contributed by atoms with Crippen LogP contribution in [0.5, 0.6) is 5.75 Å². The van der Waals surface area contributed by atoms with Crippen LogP contribution in [0, 0.1) is 5.82 Å². The van der Waals surface area contributed by atoms with Crippen LogP contribution in [0.15, 0.2) is 36.5 Å². The number of rotatable bonds is 7. The van der Waals surface area contributed by atoms with Gasteiger partial charge in [0.2, 0.25) is 12.8 Å². The molecule has 0 aliphatic carbocycles. The fourth-order valence-corrected chi connectivity index (χ4v) is 3.81. The number of amides is 1. The van der Waals surface area contributed by atoms with Crippen molar-refractivity contribution in [2.75, 3.05) is 37.2 Å². The van der Waals surface area contributed by atoms with Gasteiger partial charge in [0, 0.05) is 25.7 Å². The van der Waals surface area contributed by atoms with E-state index in [-0.39, 0.29) is 29.5 Å². The zero-order valence-electron chi connectivity index (χ0n) is 19.5. The van der Waals surface area contributed by atoms with Gasteiger partial charge in [0.05, 0.1) is 18.4 Å². The number of halogens is 2. The van der Waals surface area contributed by atoms with E-state index in [4.69, 9.17) is 9.47 Å². The van der Waals surface area contributed by atoms with Crippen LogP contribution >= 0.6 is 0 Å². The second kappa shape index (κ2) is 10.6. The van der Waals surface area contributed by atoms with E-state index in [0.717, 1.165) is 6.20 Å². The average Bonchev–Trinajstić information content (AvgIpc) is 2.85. The van der Waals surface area contributed by atoms with Crippen molar-refractivity contribution in [2.45, 2.75) is 26.1 Å². The van der Waals surface area contributed by atoms with Crippen LogP contribution in [-0.4, -0.2) is 65.3 Å². The van der Waals surface area contributed by atoms with E-state index in [2.05, 4.69) is 30.8 Å². The molecule has 10 nitrogen and oxygen atoms in total. The van der Waals surface area contributed by atoms with Crippen molar-refractivity contribution in [1.29, 1.82) is 0 Å². The molecular formula is C23H25F2N7O3. The van der Waals surface area contributed by atoms with Gasteiger partial charge in [-0.3, -0.25) is 4.79 Å². The van der Waals surface area contributed by atoms with Crippen LogP contribution in [0.3, 0.4) is 0 Å². The van der Waals surface area contributed by atoms with E-state index in [1.165, 1.54) is 7.05 Å². The molecule has 0 unspecified atom stereocenters. The average molecular weight is 485 g/mol. The van der Waals surface area contributed by atoms with Crippen molar-refractivity contribution >= 4 is 23.5 Å². The predicted molar refractivity (Wildman–Crippen MR) is 125 cm³/mol. The summed E-state index contributed by atoms with van der Waals surface area (Å²) >= 11 is 0. The monoisotopic (exact) mass is 485 g/mol. The first-order valence-corrected chi connectivity index (χ1v) is 11.0. The minimum Gasteiger partial charge on any atom is -0.463 e. The number of alkyl halides is 1. The highest BCUT2D eigenvalue weighted by Gasteiger charge is 2.25. The van der Waals surface area contributed by atoms with Crippen molar-refractivity contribution in [1.82, 2.24) is 25.5 Å². The number of carbonyl (C=O) groups is 1. The molecule has 12 heteroatoms. The van der Waals surface area contributed by atoms with Crippen LogP contribution in [0.4, 0.5) is 26.4 Å². The molecule has 1 aromatic carbocycles. The van der Waals surface area contributed by atoms with Crippen molar-refractivity contribution in [3.63, 3.8) is 0 Å². The van der Waals surface area contributed by atoms with E-state index < -0.39 is 18.6 Å². The van der Waals surface area contributed by atoms with Crippen molar-refractivity contribution < 1.29 is 23.0 Å². The highest BCUT2D eigenvalue weighted by Crippen LogP contribution is 2.28. The normalized spacial score (nSPS) is 17.7. The lowest BCUT2D eigenvalue weighted by Gasteiger charge is -2.35. The van der Waals surface area contributed by atoms with Gasteiger partial charge in [0.15, 0.2) is 23.1 Å². The fourth-order valence-electron chi connectivity index (χ4n) is 3.81. The summed E-state index contributed by atoms with van der Waals surface area (Å²) in [6, 6.07) is 8.00. The molecule has 1 saturated heterocycles. The number of nitrogens with one attached hydrogen (secondary N) is 2. The molecule has 2 atom stereocenters. The van der Waals surface area contributed by atoms with E-state index in [1.807, 2.05) is 18.7 Å². The van der Waals surface area contributed by atoms with E-state index in [0.29, 0.717) is 35.9 Å². The summed E-state index contributed by atoms with van der Waals surface area (Å²) in [5.74, 6) is -0.343. The maximum absolute atomic E-state index is 14.6. The quantitative estimate of drug-likeness (QED) is 0.521. The molecule has 2 N–H and O–H groups in total. The van der Waals surface area contributed by atoms with Gasteiger partial charge < -0.3 is 25.0 Å². The molecular weight excluding hydrogens is 460 g/mol. The Hall–Kier alpha value is -3.93. The second-order valence-electron chi connectivity index (χ2n) is 8.00. The lowest BCUT2D eigenvalue weighted by molar-refractivity contribution is -0.00572. The molecule has 1 aliphatic rings. The summed E-state index contributed by atoms with van der Waals surface area (Å²) in [4.78, 5) is 22.8. The largest absolute Gasteiger partial charge is 0.463 e. The lowest BCUT2D eigenvalue weighted by Crippen LogP contribution is -2.46. The summed E-state index contributed by atoms with van der Waals surface area (Å²) in [5, 5.41) is 13.4. The maximum atomic E-state index is 14.6. The van der Waals surface area contributed by atoms with Gasteiger partial charge in [-0.1, -0.05) is 12.1 Å². The third-order valence-corrected chi connectivity index (χ3v) is 5.30. The first kappa shape index (κ1) is 24.2. The minimum atomic E-state index is -0.956. The zero-order valence-corrected chi connectivity index (χ0v) is 19.5. The van der Waals surface area contributed by atoms with Crippen LogP contribution < -0.4 is 20.3 Å². The third kappa shape index (κ3) is 5.60. The van der Waals surface area contributed by atoms with Gasteiger partial charge in [-0.15, -0.1) is 10.2 Å². The molecule has 1 fully saturated rings. The van der Waals surface area contributed by atoms with E-state index in [1.54, 1.807) is 30.3 Å². The molecule has 0 saturated carbocycles. The number of hydrogen-bond acceptors (Lipinski definition) is 9. The summed E-state index contributed by atoms with van der Waals surface area (Å²) in [7, 11) is 1.48. The van der Waals surface area contributed by atoms with Gasteiger partial charge in [-0.25, -0.2) is 13.8 Å². The molecule has 0 radical (unpaired) electrons. The van der Waals surface area contributed by atoms with Gasteiger partial charge in [0.25, 0.3) is 5.91 Å². The van der Waals surface area contributed by atoms with Crippen LogP contribution in [0.25, 0.3) is 11.1 Å². The molecule has 3 aromatic rings. The zero-order chi connectivity index (χ0) is 24.9. The van der Waals surface area contributed by atoms with Gasteiger partial charge in [-0.05, 0) is 37.6 Å². The Morgan fingerprint density at radius 3 is 2.57 bits per heavy atom. The van der Waals surface area contributed by atoms with Crippen LogP contribution in [0.1, 0.15) is 24.3 Å². The Morgan fingerprint density at radius 2 is 1.91 bits per heavy atom. The first-order valence-electron chi connectivity index (χ1n) is 11.0. The van der Waals surface area contributed by atoms with Crippen LogP contribution in [-0.2, 0) is 4.74 Å². The lowest BCUT2D eigenvalue weighted by atomic mass is 10.0. The fraction of sp³-hybridized carbons (Fsp3) is 0.348. The third-order valence-electron chi connectivity index (χ3n) is 5.30. The summed E-state index contributed by atoms with van der Waals surface area (Å²) in [6.45, 7) is 4.09. The molecule has 0 bridgehead atoms. The van der Waals surface area contributed by atoms with E-state index >= 15 is 0 Å². The molecule has 3 heterocycles. The number of anilines is 3. The number of aromatic nitrogens is 4. The molecule has 1 aliphatic heterocycles. The number of morpholine rings is 1. The van der Waals surface area contributed by atoms with Crippen molar-refractivity contribution in [3.8, 4) is 16.9 Å². The molecule has 184 valence electrons. The van der Waals surface area contributed by atoms with Crippen molar-refractivity contribution in [3.05, 3.63) is 48.0 Å². The smallest absolute Gasteiger partial charge is 0.272 e. The minimum absolute atomic E-state index is 0.0174. The Balaban J connectivity index is 1.65. The topological polar surface area (TPSA) is 114 Å². The number of carbonyl (C=O) groups excluding carboxylic acids is 1. The SMILES string of the molecule is CNC(=O)c1nnc(Nc2nc(N3C[C@@H](C)O[C@@H](C)C3)ncc2F)cc1-c1ccc(OCF)cc1. The van der Waals surface area contributed by atoms with Gasteiger partial charge in [-0.2, -0.15) is 4.98 Å². The standard InChI is InChI=1S/C23H25F2N7O3/c1-13-10-32(11-14(2)35-13)23-27-9-18(25)21(29-23)28-19-8-17(20(31-30-19)22(33)26-3)15-4-6-16(7-5-15)34-12-24/h4-9,13-14H,10-12H2,1-3H3,(H,26,33)(H,27,28,29,30)/t13-,14+. The molecule has 0 spiro atoms. The molecule has 35 heavy (non-hydrogen) atoms. The second-order valence-corrected chi connectivity index (χ2v) is 8.00. The summed E-state index contributed by atoms with van der Waals surface area (Å²) < 4.78 is 37.6. The van der Waals surface area contributed by atoms with Crippen LogP contribution in [0.2, 0.25) is 0 Å². The number of hydrogen-bond donors (Lipinski definition) is 2. The Kier molecular flexibility index (Phi) is 7.30. The number of benzene rings is 1. The summed E-state index contributed by atoms with van der Waals surface area (Å²) in [5.41, 5.74) is 1.10. The van der Waals surface area contributed by atoms with Crippen molar-refractivity contribution in [2.24, 2.45) is 0 Å². The Morgan fingerprint density at radius 1 is 1.20 bits per heavy atom. The molecule has 2 aromatic heterocycles. The highest BCUT2D eigenvalue weighted by molar-refractivity contribution is 5.99. The maximum Gasteiger partial charge on any atom is 0.272 e. The molecule has 4 rings (SSSR count). The Bertz CT molecular complexity index is 1190.